The fourth-order valence-corrected chi connectivity index (χ4v) is 5.38. The molecule has 2 heterocycles. The summed E-state index contributed by atoms with van der Waals surface area (Å²) >= 11 is 0. The van der Waals surface area contributed by atoms with Crippen LogP contribution in [0.5, 0.6) is 0 Å². The number of nitrogen functional groups attached to an aromatic ring is 1. The molecule has 0 aliphatic heterocycles. The first-order valence-corrected chi connectivity index (χ1v) is 13.5. The van der Waals surface area contributed by atoms with E-state index in [1.54, 1.807) is 38.1 Å². The zero-order valence-electron chi connectivity index (χ0n) is 23.1. The molecule has 1 aromatic carbocycles. The molecule has 6 N–H and O–H groups in total. The molecule has 41 heavy (non-hydrogen) atoms. The van der Waals surface area contributed by atoms with E-state index in [-0.39, 0.29) is 61.2 Å². The number of aromatic nitrogens is 3. The summed E-state index contributed by atoms with van der Waals surface area (Å²) in [5, 5.41) is 20.6. The zero-order valence-corrected chi connectivity index (χ0v) is 23.1. The molecule has 2 amide bonds. The van der Waals surface area contributed by atoms with E-state index in [4.69, 9.17) is 16.0 Å². The summed E-state index contributed by atoms with van der Waals surface area (Å²) in [7, 11) is 0. The van der Waals surface area contributed by atoms with Crippen molar-refractivity contribution in [2.24, 2.45) is 11.1 Å². The van der Waals surface area contributed by atoms with Crippen LogP contribution in [0.4, 0.5) is 24.9 Å². The minimum atomic E-state index is -4.21. The van der Waals surface area contributed by atoms with Gasteiger partial charge in [-0.05, 0) is 51.5 Å². The minimum Gasteiger partial charge on any atom is -0.394 e. The first kappa shape index (κ1) is 30.1. The summed E-state index contributed by atoms with van der Waals surface area (Å²) in [6.07, 6.45) is -1.98. The molecule has 13 heteroatoms. The van der Waals surface area contributed by atoms with Crippen LogP contribution in [0.15, 0.2) is 34.9 Å². The number of carbonyl (C=O) groups excluding carboxylic acids is 2. The lowest BCUT2D eigenvalue weighted by atomic mass is 9.80. The Hall–Kier alpha value is -3.87. The van der Waals surface area contributed by atoms with E-state index in [9.17, 15) is 27.9 Å². The number of primary amides is 1. The first-order valence-electron chi connectivity index (χ1n) is 13.5. The van der Waals surface area contributed by atoms with Crippen LogP contribution in [0.1, 0.15) is 74.0 Å². The molecule has 2 aromatic heterocycles. The highest BCUT2D eigenvalue weighted by Crippen LogP contribution is 2.53. The number of nitrogens with zero attached hydrogens (tertiary/aromatic N) is 3. The van der Waals surface area contributed by atoms with E-state index < -0.39 is 23.0 Å². The van der Waals surface area contributed by atoms with Crippen molar-refractivity contribution in [1.29, 1.82) is 0 Å². The lowest BCUT2D eigenvalue weighted by Crippen LogP contribution is -2.35. The van der Waals surface area contributed by atoms with Gasteiger partial charge in [0.15, 0.2) is 0 Å². The van der Waals surface area contributed by atoms with Crippen LogP contribution in [-0.4, -0.2) is 44.6 Å². The second-order valence-electron chi connectivity index (χ2n) is 11.3. The number of nitrogens with two attached hydrogens (primary N) is 2. The lowest BCUT2D eigenvalue weighted by molar-refractivity contribution is -0.225. The van der Waals surface area contributed by atoms with Gasteiger partial charge in [0.2, 0.25) is 11.8 Å². The van der Waals surface area contributed by atoms with Crippen LogP contribution in [-0.2, 0) is 23.2 Å². The second kappa shape index (κ2) is 11.6. The highest BCUT2D eigenvalue weighted by molar-refractivity contribution is 6.03. The second-order valence-corrected chi connectivity index (χ2v) is 11.3. The van der Waals surface area contributed by atoms with Crippen molar-refractivity contribution in [3.05, 3.63) is 47.2 Å². The summed E-state index contributed by atoms with van der Waals surface area (Å²) in [5.41, 5.74) is 11.2. The maximum atomic E-state index is 13.6. The SMILES string of the molecule is CC(C)(CO)n1nc(-c2ccc(CC(=O)Nc3cc(CCCC4(C(F)(F)F)CCCC4)no3)cc2)c(C(N)=O)c1N. The Morgan fingerprint density at radius 3 is 2.41 bits per heavy atom. The molecular weight excluding hydrogens is 541 g/mol. The molecule has 0 saturated heterocycles. The highest BCUT2D eigenvalue weighted by Gasteiger charge is 2.54. The van der Waals surface area contributed by atoms with E-state index in [0.717, 1.165) is 0 Å². The van der Waals surface area contributed by atoms with Gasteiger partial charge in [0.1, 0.15) is 17.1 Å². The van der Waals surface area contributed by atoms with Crippen LogP contribution in [0.3, 0.4) is 0 Å². The van der Waals surface area contributed by atoms with E-state index in [2.05, 4.69) is 15.6 Å². The Labute approximate surface area is 235 Å². The maximum Gasteiger partial charge on any atom is 0.394 e. The van der Waals surface area contributed by atoms with Crippen LogP contribution in [0.2, 0.25) is 0 Å². The summed E-state index contributed by atoms with van der Waals surface area (Å²) in [6, 6.07) is 8.26. The van der Waals surface area contributed by atoms with Gasteiger partial charge in [0.25, 0.3) is 5.91 Å². The van der Waals surface area contributed by atoms with Crippen LogP contribution in [0.25, 0.3) is 11.3 Å². The van der Waals surface area contributed by atoms with Gasteiger partial charge < -0.3 is 21.1 Å². The number of rotatable bonds is 11. The van der Waals surface area contributed by atoms with Gasteiger partial charge in [0.05, 0.1) is 29.7 Å². The van der Waals surface area contributed by atoms with Crippen molar-refractivity contribution in [3.63, 3.8) is 0 Å². The van der Waals surface area contributed by atoms with Gasteiger partial charge in [0, 0.05) is 11.6 Å². The molecule has 1 aliphatic rings. The van der Waals surface area contributed by atoms with Gasteiger partial charge in [-0.15, -0.1) is 0 Å². The number of anilines is 2. The molecule has 0 spiro atoms. The van der Waals surface area contributed by atoms with Crippen LogP contribution < -0.4 is 16.8 Å². The Kier molecular flexibility index (Phi) is 8.48. The first-order chi connectivity index (χ1) is 19.3. The van der Waals surface area contributed by atoms with Crippen molar-refractivity contribution >= 4 is 23.5 Å². The molecular formula is C28H35F3N6O4. The quantitative estimate of drug-likeness (QED) is 0.260. The van der Waals surface area contributed by atoms with Gasteiger partial charge in [-0.2, -0.15) is 18.3 Å². The van der Waals surface area contributed by atoms with Crippen molar-refractivity contribution < 1.29 is 32.4 Å². The normalized spacial score (nSPS) is 15.3. The average Bonchev–Trinajstić information content (AvgIpc) is 3.64. The van der Waals surface area contributed by atoms with E-state index >= 15 is 0 Å². The molecule has 0 atom stereocenters. The Balaban J connectivity index is 1.36. The summed E-state index contributed by atoms with van der Waals surface area (Å²) in [6.45, 7) is 3.16. The Bertz CT molecular complexity index is 1390. The third-order valence-electron chi connectivity index (χ3n) is 7.79. The number of aliphatic hydroxyl groups is 1. The standard InChI is InChI=1S/C28H35F3N6O4/c1-26(2,16-38)37-24(32)22(25(33)40)23(35-37)18-9-7-17(8-10-18)14-20(39)34-21-15-19(36-41-21)6-5-13-27(28(29,30)31)11-3-4-12-27/h7-10,15,38H,3-6,11-14,16,32H2,1-2H3,(H2,33,40)(H,34,39). The fourth-order valence-electron chi connectivity index (χ4n) is 5.38. The number of aryl methyl sites for hydroxylation is 1. The largest absolute Gasteiger partial charge is 0.394 e. The molecule has 1 fully saturated rings. The van der Waals surface area contributed by atoms with Gasteiger partial charge in [-0.3, -0.25) is 14.9 Å². The van der Waals surface area contributed by atoms with Crippen LogP contribution >= 0.6 is 0 Å². The minimum absolute atomic E-state index is 0.00121. The number of amides is 2. The van der Waals surface area contributed by atoms with Crippen LogP contribution in [0, 0.1) is 5.41 Å². The van der Waals surface area contributed by atoms with Crippen molar-refractivity contribution in [2.75, 3.05) is 17.7 Å². The Morgan fingerprint density at radius 1 is 1.17 bits per heavy atom. The van der Waals surface area contributed by atoms with E-state index in [1.807, 2.05) is 0 Å². The predicted molar refractivity (Wildman–Crippen MR) is 146 cm³/mol. The van der Waals surface area contributed by atoms with E-state index in [0.29, 0.717) is 42.5 Å². The number of hydrogen-bond donors (Lipinski definition) is 4. The number of halogens is 3. The van der Waals surface area contributed by atoms with Crippen molar-refractivity contribution in [1.82, 2.24) is 14.9 Å². The summed E-state index contributed by atoms with van der Waals surface area (Å²) < 4.78 is 47.3. The fraction of sp³-hybridized carbons (Fsp3) is 0.500. The predicted octanol–water partition coefficient (Wildman–Crippen LogP) is 4.57. The molecule has 222 valence electrons. The number of nitrogens with one attached hydrogen (secondary N) is 1. The number of alkyl halides is 3. The summed E-state index contributed by atoms with van der Waals surface area (Å²) in [5.74, 6) is -0.976. The highest BCUT2D eigenvalue weighted by atomic mass is 19.4. The number of benzene rings is 1. The molecule has 1 aliphatic carbocycles. The van der Waals surface area contributed by atoms with Gasteiger partial charge in [-0.25, -0.2) is 4.68 Å². The maximum absolute atomic E-state index is 13.6. The number of hydrogen-bond acceptors (Lipinski definition) is 7. The lowest BCUT2D eigenvalue weighted by Gasteiger charge is -2.31. The molecule has 4 rings (SSSR count). The number of aliphatic hydroxyl groups excluding tert-OH is 1. The zero-order chi connectivity index (χ0) is 30.0. The molecule has 0 unspecified atom stereocenters. The third-order valence-corrected chi connectivity index (χ3v) is 7.79. The molecule has 0 radical (unpaired) electrons. The van der Waals surface area contributed by atoms with Gasteiger partial charge >= 0.3 is 6.18 Å². The smallest absolute Gasteiger partial charge is 0.394 e. The molecule has 3 aromatic rings. The Morgan fingerprint density at radius 2 is 1.83 bits per heavy atom. The molecule has 0 bridgehead atoms. The monoisotopic (exact) mass is 576 g/mol. The average molecular weight is 577 g/mol. The van der Waals surface area contributed by atoms with E-state index in [1.165, 1.54) is 10.7 Å². The van der Waals surface area contributed by atoms with Crippen molar-refractivity contribution in [2.45, 2.75) is 76.9 Å². The van der Waals surface area contributed by atoms with Crippen molar-refractivity contribution in [3.8, 4) is 11.3 Å². The topological polar surface area (TPSA) is 162 Å². The summed E-state index contributed by atoms with van der Waals surface area (Å²) in [4.78, 5) is 24.7. The molecule has 10 nitrogen and oxygen atoms in total. The number of carbonyl (C=O) groups is 2. The third kappa shape index (κ3) is 6.39. The van der Waals surface area contributed by atoms with Gasteiger partial charge in [-0.1, -0.05) is 42.3 Å². The molecule has 1 saturated carbocycles.